The Balaban J connectivity index is 1.87. The molecule has 0 bridgehead atoms. The molecule has 2 aliphatic rings. The Morgan fingerprint density at radius 1 is 1.14 bits per heavy atom. The zero-order chi connectivity index (χ0) is 14.4. The maximum atomic E-state index is 9.93. The molecule has 2 aromatic rings. The van der Waals surface area contributed by atoms with Gasteiger partial charge in [-0.1, -0.05) is 22.0 Å². The molecule has 0 unspecified atom stereocenters. The molecule has 4 rings (SSSR count). The van der Waals surface area contributed by atoms with Crippen molar-refractivity contribution in [3.05, 3.63) is 45.4 Å². The number of aliphatic hydroxyl groups excluding tert-OH is 1. The second-order valence-corrected chi connectivity index (χ2v) is 7.15. The average molecular weight is 349 g/mol. The average Bonchev–Trinajstić information content (AvgIpc) is 2.82. The lowest BCUT2D eigenvalue weighted by Crippen LogP contribution is -2.50. The Morgan fingerprint density at radius 3 is 2.71 bits per heavy atom. The molecule has 0 aromatic heterocycles. The maximum Gasteiger partial charge on any atom is 0.106 e. The molecule has 21 heavy (non-hydrogen) atoms. The van der Waals surface area contributed by atoms with E-state index in [-0.39, 0.29) is 6.61 Å². The van der Waals surface area contributed by atoms with Gasteiger partial charge in [0.2, 0.25) is 0 Å². The summed E-state index contributed by atoms with van der Waals surface area (Å²) in [5.74, 6) is 0. The van der Waals surface area contributed by atoms with Gasteiger partial charge in [-0.3, -0.25) is 0 Å². The van der Waals surface area contributed by atoms with Crippen LogP contribution in [0.15, 0.2) is 28.7 Å². The molecule has 2 aliphatic heterocycles. The first-order valence-electron chi connectivity index (χ1n) is 7.47. The molecule has 1 N–H and O–H groups in total. The summed E-state index contributed by atoms with van der Waals surface area (Å²) < 4.78 is 7.70. The van der Waals surface area contributed by atoms with Crippen LogP contribution >= 0.6 is 15.9 Å². The van der Waals surface area contributed by atoms with Gasteiger partial charge in [0, 0.05) is 15.6 Å². The number of aliphatic hydroxyl groups is 1. The van der Waals surface area contributed by atoms with Gasteiger partial charge in [0.05, 0.1) is 19.8 Å². The number of halogens is 1. The quantitative estimate of drug-likeness (QED) is 0.803. The van der Waals surface area contributed by atoms with Crippen LogP contribution in [0.1, 0.15) is 16.7 Å². The SMILES string of the molecule is OCc1c2c(cc3ccc(Br)cc13)C[N+]1(CCOCC1)C2. The molecular formula is C17H19BrNO2+. The maximum absolute atomic E-state index is 9.93. The van der Waals surface area contributed by atoms with Gasteiger partial charge < -0.3 is 14.3 Å². The molecule has 0 radical (unpaired) electrons. The lowest BCUT2D eigenvalue weighted by atomic mass is 9.96. The van der Waals surface area contributed by atoms with Crippen LogP contribution < -0.4 is 0 Å². The zero-order valence-corrected chi connectivity index (χ0v) is 13.5. The van der Waals surface area contributed by atoms with E-state index in [0.29, 0.717) is 0 Å². The highest BCUT2D eigenvalue weighted by atomic mass is 79.9. The number of morpholine rings is 1. The smallest absolute Gasteiger partial charge is 0.106 e. The van der Waals surface area contributed by atoms with Crippen LogP contribution in [0.2, 0.25) is 0 Å². The van der Waals surface area contributed by atoms with E-state index in [1.54, 1.807) is 0 Å². The first kappa shape index (κ1) is 13.7. The molecule has 0 saturated carbocycles. The van der Waals surface area contributed by atoms with Gasteiger partial charge in [-0.05, 0) is 34.5 Å². The molecule has 3 nitrogen and oxygen atoms in total. The largest absolute Gasteiger partial charge is 0.392 e. The number of ether oxygens (including phenoxy) is 1. The summed E-state index contributed by atoms with van der Waals surface area (Å²) in [5, 5.41) is 12.3. The van der Waals surface area contributed by atoms with Crippen molar-refractivity contribution in [2.24, 2.45) is 0 Å². The van der Waals surface area contributed by atoms with Gasteiger partial charge in [0.25, 0.3) is 0 Å². The highest BCUT2D eigenvalue weighted by Crippen LogP contribution is 2.38. The summed E-state index contributed by atoms with van der Waals surface area (Å²) in [5.41, 5.74) is 3.89. The van der Waals surface area contributed by atoms with Gasteiger partial charge in [-0.2, -0.15) is 0 Å². The molecule has 4 heteroatoms. The Hall–Kier alpha value is -0.940. The lowest BCUT2D eigenvalue weighted by molar-refractivity contribution is -0.953. The molecule has 0 atom stereocenters. The summed E-state index contributed by atoms with van der Waals surface area (Å²) in [7, 11) is 0. The highest BCUT2D eigenvalue weighted by molar-refractivity contribution is 9.10. The number of hydrogen-bond donors (Lipinski definition) is 1. The van der Waals surface area contributed by atoms with Crippen molar-refractivity contribution in [3.63, 3.8) is 0 Å². The molecule has 1 spiro atoms. The Labute approximate surface area is 132 Å². The summed E-state index contributed by atoms with van der Waals surface area (Å²) in [6.45, 7) is 6.11. The number of hydrogen-bond acceptors (Lipinski definition) is 2. The van der Waals surface area contributed by atoms with Crippen molar-refractivity contribution in [3.8, 4) is 0 Å². The highest BCUT2D eigenvalue weighted by Gasteiger charge is 2.39. The number of rotatable bonds is 1. The Bertz CT molecular complexity index is 707. The fourth-order valence-corrected chi connectivity index (χ4v) is 4.23. The Morgan fingerprint density at radius 2 is 1.95 bits per heavy atom. The van der Waals surface area contributed by atoms with Crippen LogP contribution in [-0.4, -0.2) is 35.9 Å². The van der Waals surface area contributed by atoms with Crippen LogP contribution in [0.25, 0.3) is 10.8 Å². The van der Waals surface area contributed by atoms with E-state index in [1.807, 2.05) is 0 Å². The normalized spacial score (nSPS) is 20.1. The van der Waals surface area contributed by atoms with E-state index < -0.39 is 0 Å². The van der Waals surface area contributed by atoms with Crippen LogP contribution in [0, 0.1) is 0 Å². The second-order valence-electron chi connectivity index (χ2n) is 6.23. The summed E-state index contributed by atoms with van der Waals surface area (Å²) in [6.07, 6.45) is 0. The lowest BCUT2D eigenvalue weighted by Gasteiger charge is -2.37. The van der Waals surface area contributed by atoms with Gasteiger partial charge >= 0.3 is 0 Å². The van der Waals surface area contributed by atoms with Crippen LogP contribution in [0.3, 0.4) is 0 Å². The minimum atomic E-state index is 0.118. The van der Waals surface area contributed by atoms with Gasteiger partial charge in [-0.15, -0.1) is 0 Å². The van der Waals surface area contributed by atoms with Gasteiger partial charge in [0.1, 0.15) is 26.2 Å². The fourth-order valence-electron chi connectivity index (χ4n) is 3.86. The minimum absolute atomic E-state index is 0.118. The van der Waals surface area contributed by atoms with Crippen molar-refractivity contribution < 1.29 is 14.3 Å². The third kappa shape index (κ3) is 2.21. The predicted molar refractivity (Wildman–Crippen MR) is 85.8 cm³/mol. The molecule has 110 valence electrons. The summed E-state index contributed by atoms with van der Waals surface area (Å²) in [6, 6.07) is 8.66. The van der Waals surface area contributed by atoms with E-state index in [1.165, 1.54) is 21.9 Å². The fraction of sp³-hybridized carbons (Fsp3) is 0.412. The topological polar surface area (TPSA) is 29.5 Å². The standard InChI is InChI=1S/C17H19BrNO2/c18-14-2-1-12-7-13-9-19(3-5-21-6-4-19)10-16(13)17(11-20)15(12)8-14/h1-2,7-8,20H,3-6,9-11H2/q+1. The molecule has 2 aromatic carbocycles. The number of benzene rings is 2. The minimum Gasteiger partial charge on any atom is -0.392 e. The summed E-state index contributed by atoms with van der Waals surface area (Å²) in [4.78, 5) is 0. The van der Waals surface area contributed by atoms with E-state index in [4.69, 9.17) is 4.74 Å². The number of quaternary nitrogens is 1. The monoisotopic (exact) mass is 348 g/mol. The third-order valence-corrected chi connectivity index (χ3v) is 5.49. The molecule has 0 aliphatic carbocycles. The van der Waals surface area contributed by atoms with E-state index in [9.17, 15) is 5.11 Å². The van der Waals surface area contributed by atoms with E-state index in [0.717, 1.165) is 53.9 Å². The molecule has 1 fully saturated rings. The molecule has 1 saturated heterocycles. The van der Waals surface area contributed by atoms with E-state index >= 15 is 0 Å². The first-order chi connectivity index (χ1) is 10.2. The van der Waals surface area contributed by atoms with Crippen LogP contribution in [0.4, 0.5) is 0 Å². The van der Waals surface area contributed by atoms with Crippen molar-refractivity contribution in [1.29, 1.82) is 0 Å². The van der Waals surface area contributed by atoms with Gasteiger partial charge in [0.15, 0.2) is 0 Å². The van der Waals surface area contributed by atoms with Crippen molar-refractivity contribution >= 4 is 26.7 Å². The van der Waals surface area contributed by atoms with Crippen molar-refractivity contribution in [1.82, 2.24) is 0 Å². The molecule has 2 heterocycles. The second kappa shape index (κ2) is 5.06. The van der Waals surface area contributed by atoms with E-state index in [2.05, 4.69) is 40.2 Å². The third-order valence-electron chi connectivity index (χ3n) is 5.00. The van der Waals surface area contributed by atoms with Crippen molar-refractivity contribution in [2.75, 3.05) is 26.3 Å². The molecule has 0 amide bonds. The Kier molecular flexibility index (Phi) is 3.30. The van der Waals surface area contributed by atoms with Gasteiger partial charge in [-0.25, -0.2) is 0 Å². The number of nitrogens with zero attached hydrogens (tertiary/aromatic N) is 1. The summed E-state index contributed by atoms with van der Waals surface area (Å²) >= 11 is 3.54. The van der Waals surface area contributed by atoms with Crippen LogP contribution in [0.5, 0.6) is 0 Å². The van der Waals surface area contributed by atoms with Crippen LogP contribution in [-0.2, 0) is 24.4 Å². The van der Waals surface area contributed by atoms with Crippen molar-refractivity contribution in [2.45, 2.75) is 19.7 Å². The number of fused-ring (bicyclic) bond motifs is 2. The molecular weight excluding hydrogens is 330 g/mol. The zero-order valence-electron chi connectivity index (χ0n) is 11.9. The first-order valence-corrected chi connectivity index (χ1v) is 8.27. The predicted octanol–water partition coefficient (Wildman–Crippen LogP) is 2.96.